The Labute approximate surface area is 242 Å². The van der Waals surface area contributed by atoms with Gasteiger partial charge in [-0.15, -0.1) is 0 Å². The number of nitrogens with zero attached hydrogens (tertiary/aromatic N) is 7. The molecule has 0 saturated carbocycles. The molecule has 1 aromatic carbocycles. The van der Waals surface area contributed by atoms with E-state index in [4.69, 9.17) is 42.6 Å². The summed E-state index contributed by atoms with van der Waals surface area (Å²) in [4.78, 5) is 20.9. The molecule has 210 valence electrons. The number of fused-ring (bicyclic) bond motifs is 1. The molecule has 1 aliphatic heterocycles. The van der Waals surface area contributed by atoms with Gasteiger partial charge in [0.2, 0.25) is 0 Å². The van der Waals surface area contributed by atoms with Gasteiger partial charge in [-0.2, -0.15) is 10.1 Å². The standard InChI is InChI=1S/C28H31Cl2N7O3/c1-6-7-18(38)14-40-19-8-9-21(29)20(10-19)26-33-23(24-16(3)25(30)35-36(24)4)15(2)27(34-26)37-12-17-11-31-28(39-5)32-22(17)13-37/h8-11,18,38H,6-7,12-14H2,1-5H3/t18-/m1/s1. The number of anilines is 1. The van der Waals surface area contributed by atoms with Crippen molar-refractivity contribution in [2.45, 2.75) is 52.8 Å². The van der Waals surface area contributed by atoms with Crippen LogP contribution in [0.1, 0.15) is 42.1 Å². The summed E-state index contributed by atoms with van der Waals surface area (Å²) in [5.41, 5.74) is 5.65. The Morgan fingerprint density at radius 2 is 1.90 bits per heavy atom. The van der Waals surface area contributed by atoms with Crippen LogP contribution in [0.5, 0.6) is 11.8 Å². The fourth-order valence-corrected chi connectivity index (χ4v) is 5.25. The van der Waals surface area contributed by atoms with E-state index in [1.165, 1.54) is 0 Å². The van der Waals surface area contributed by atoms with E-state index in [1.54, 1.807) is 36.2 Å². The highest BCUT2D eigenvalue weighted by Gasteiger charge is 2.28. The highest BCUT2D eigenvalue weighted by Crippen LogP contribution is 2.39. The lowest BCUT2D eigenvalue weighted by molar-refractivity contribution is 0.0994. The van der Waals surface area contributed by atoms with Crippen molar-refractivity contribution in [3.63, 3.8) is 0 Å². The zero-order valence-corrected chi connectivity index (χ0v) is 24.6. The van der Waals surface area contributed by atoms with Crippen LogP contribution in [0.25, 0.3) is 22.8 Å². The molecule has 0 bridgehead atoms. The maximum absolute atomic E-state index is 10.1. The molecule has 12 heteroatoms. The minimum atomic E-state index is -0.547. The van der Waals surface area contributed by atoms with Crippen molar-refractivity contribution in [3.05, 3.63) is 57.0 Å². The van der Waals surface area contributed by atoms with E-state index in [1.807, 2.05) is 27.8 Å². The maximum atomic E-state index is 10.1. The smallest absolute Gasteiger partial charge is 0.316 e. The molecule has 0 saturated heterocycles. The average Bonchev–Trinajstić information content (AvgIpc) is 3.47. The fourth-order valence-electron chi connectivity index (χ4n) is 4.85. The summed E-state index contributed by atoms with van der Waals surface area (Å²) in [6.45, 7) is 7.22. The molecular weight excluding hydrogens is 553 g/mol. The maximum Gasteiger partial charge on any atom is 0.316 e. The van der Waals surface area contributed by atoms with E-state index in [-0.39, 0.29) is 6.61 Å². The Morgan fingerprint density at radius 1 is 1.10 bits per heavy atom. The van der Waals surface area contributed by atoms with Gasteiger partial charge in [0.25, 0.3) is 0 Å². The van der Waals surface area contributed by atoms with Gasteiger partial charge in [0.15, 0.2) is 11.0 Å². The van der Waals surface area contributed by atoms with E-state index >= 15 is 0 Å². The third kappa shape index (κ3) is 5.43. The van der Waals surface area contributed by atoms with Crippen LogP contribution in [-0.2, 0) is 20.1 Å². The summed E-state index contributed by atoms with van der Waals surface area (Å²) in [6, 6.07) is 5.65. The number of aryl methyl sites for hydroxylation is 1. The SMILES string of the molecule is CCC[C@@H](O)COc1ccc(Cl)c(-c2nc(-c3c(C)c(Cl)nn3C)c(C)c(N3Cc4cnc(OC)nc4C3)n2)c1. The lowest BCUT2D eigenvalue weighted by Gasteiger charge is -2.22. The van der Waals surface area contributed by atoms with Crippen molar-refractivity contribution in [2.75, 3.05) is 18.6 Å². The topological polar surface area (TPSA) is 111 Å². The Kier molecular flexibility index (Phi) is 8.11. The Bertz CT molecular complexity index is 1560. The zero-order valence-electron chi connectivity index (χ0n) is 23.1. The van der Waals surface area contributed by atoms with Crippen LogP contribution in [0.15, 0.2) is 24.4 Å². The molecule has 4 heterocycles. The molecule has 3 aromatic heterocycles. The molecule has 0 spiro atoms. The van der Waals surface area contributed by atoms with Gasteiger partial charge in [-0.25, -0.2) is 15.0 Å². The number of halogens is 2. The molecule has 1 atom stereocenters. The summed E-state index contributed by atoms with van der Waals surface area (Å²) in [5.74, 6) is 1.73. The number of methoxy groups -OCH3 is 1. The average molecular weight is 585 g/mol. The van der Waals surface area contributed by atoms with Crippen molar-refractivity contribution in [1.29, 1.82) is 0 Å². The van der Waals surface area contributed by atoms with Crippen molar-refractivity contribution >= 4 is 29.0 Å². The van der Waals surface area contributed by atoms with Crippen LogP contribution in [0, 0.1) is 13.8 Å². The zero-order chi connectivity index (χ0) is 28.6. The number of rotatable bonds is 9. The summed E-state index contributed by atoms with van der Waals surface area (Å²) in [7, 11) is 3.39. The lowest BCUT2D eigenvalue weighted by Crippen LogP contribution is -2.19. The van der Waals surface area contributed by atoms with Gasteiger partial charge in [-0.3, -0.25) is 4.68 Å². The largest absolute Gasteiger partial charge is 0.491 e. The predicted octanol–water partition coefficient (Wildman–Crippen LogP) is 5.33. The monoisotopic (exact) mass is 583 g/mol. The molecule has 1 aliphatic rings. The predicted molar refractivity (Wildman–Crippen MR) is 154 cm³/mol. The van der Waals surface area contributed by atoms with E-state index in [2.05, 4.69) is 20.0 Å². The number of ether oxygens (including phenoxy) is 2. The lowest BCUT2D eigenvalue weighted by atomic mass is 10.1. The third-order valence-electron chi connectivity index (χ3n) is 6.93. The van der Waals surface area contributed by atoms with Gasteiger partial charge >= 0.3 is 6.01 Å². The van der Waals surface area contributed by atoms with E-state index in [9.17, 15) is 5.11 Å². The second-order valence-corrected chi connectivity index (χ2v) is 10.6. The normalized spacial score (nSPS) is 13.4. The first kappa shape index (κ1) is 28.1. The number of aliphatic hydroxyl groups is 1. The molecule has 0 radical (unpaired) electrons. The molecule has 10 nitrogen and oxygen atoms in total. The molecule has 4 aromatic rings. The summed E-state index contributed by atoms with van der Waals surface area (Å²) < 4.78 is 12.8. The molecule has 0 aliphatic carbocycles. The van der Waals surface area contributed by atoms with Crippen LogP contribution < -0.4 is 14.4 Å². The number of hydrogen-bond donors (Lipinski definition) is 1. The first-order valence-electron chi connectivity index (χ1n) is 13.0. The third-order valence-corrected chi connectivity index (χ3v) is 7.62. The molecule has 1 N–H and O–H groups in total. The summed E-state index contributed by atoms with van der Waals surface area (Å²) in [6.07, 6.45) is 2.77. The summed E-state index contributed by atoms with van der Waals surface area (Å²) in [5, 5.41) is 15.4. The van der Waals surface area contributed by atoms with Crippen molar-refractivity contribution < 1.29 is 14.6 Å². The van der Waals surface area contributed by atoms with Gasteiger partial charge in [-0.1, -0.05) is 36.5 Å². The van der Waals surface area contributed by atoms with Crippen LogP contribution in [0.4, 0.5) is 5.82 Å². The number of aromatic nitrogens is 6. The molecule has 0 amide bonds. The highest BCUT2D eigenvalue weighted by atomic mass is 35.5. The minimum Gasteiger partial charge on any atom is -0.491 e. The van der Waals surface area contributed by atoms with E-state index < -0.39 is 6.10 Å². The highest BCUT2D eigenvalue weighted by molar-refractivity contribution is 6.33. The molecular formula is C28H31Cl2N7O3. The van der Waals surface area contributed by atoms with Gasteiger partial charge in [0.1, 0.15) is 18.2 Å². The van der Waals surface area contributed by atoms with Gasteiger partial charge in [0.05, 0.1) is 41.9 Å². The number of hydrogen-bond acceptors (Lipinski definition) is 9. The van der Waals surface area contributed by atoms with Gasteiger partial charge in [0, 0.05) is 42.0 Å². The van der Waals surface area contributed by atoms with Crippen molar-refractivity contribution in [1.82, 2.24) is 29.7 Å². The Hall–Kier alpha value is -3.47. The van der Waals surface area contributed by atoms with Crippen molar-refractivity contribution in [2.24, 2.45) is 7.05 Å². The molecule has 5 rings (SSSR count). The van der Waals surface area contributed by atoms with Crippen LogP contribution in [0.2, 0.25) is 10.2 Å². The molecule has 40 heavy (non-hydrogen) atoms. The first-order valence-corrected chi connectivity index (χ1v) is 13.8. The van der Waals surface area contributed by atoms with E-state index in [0.717, 1.165) is 40.3 Å². The van der Waals surface area contributed by atoms with Gasteiger partial charge in [-0.05, 0) is 38.5 Å². The van der Waals surface area contributed by atoms with Crippen LogP contribution in [-0.4, -0.2) is 54.6 Å². The van der Waals surface area contributed by atoms with Crippen LogP contribution >= 0.6 is 23.2 Å². The quantitative estimate of drug-likeness (QED) is 0.279. The van der Waals surface area contributed by atoms with Crippen molar-refractivity contribution in [3.8, 4) is 34.5 Å². The minimum absolute atomic E-state index is 0.184. The van der Waals surface area contributed by atoms with Crippen LogP contribution in [0.3, 0.4) is 0 Å². The summed E-state index contributed by atoms with van der Waals surface area (Å²) >= 11 is 13.1. The fraction of sp³-hybridized carbons (Fsp3) is 0.393. The Morgan fingerprint density at radius 3 is 2.60 bits per heavy atom. The number of benzene rings is 1. The second-order valence-electron chi connectivity index (χ2n) is 9.81. The molecule has 0 unspecified atom stereocenters. The van der Waals surface area contributed by atoms with Gasteiger partial charge < -0.3 is 19.5 Å². The Balaban J connectivity index is 1.61. The number of aliphatic hydroxyl groups excluding tert-OH is 1. The first-order chi connectivity index (χ1) is 19.2. The van der Waals surface area contributed by atoms with E-state index in [0.29, 0.717) is 58.5 Å². The second kappa shape index (κ2) is 11.6. The molecule has 0 fully saturated rings.